The van der Waals surface area contributed by atoms with Gasteiger partial charge in [0, 0.05) is 34.3 Å². The van der Waals surface area contributed by atoms with Crippen molar-refractivity contribution in [2.45, 2.75) is 20.8 Å². The molecule has 0 aliphatic heterocycles. The molecule has 0 spiro atoms. The summed E-state index contributed by atoms with van der Waals surface area (Å²) in [5, 5.41) is 0. The number of nitrogens with zero attached hydrogens (tertiary/aromatic N) is 1. The van der Waals surface area contributed by atoms with Crippen LogP contribution in [0.1, 0.15) is 17.0 Å². The second kappa shape index (κ2) is 5.17. The van der Waals surface area contributed by atoms with Crippen LogP contribution in [0.5, 0.6) is 0 Å². The van der Waals surface area contributed by atoms with Gasteiger partial charge in [0.05, 0.1) is 5.69 Å². The Kier molecular flexibility index (Phi) is 3.34. The summed E-state index contributed by atoms with van der Waals surface area (Å²) in [5.74, 6) is -0.214. The van der Waals surface area contributed by atoms with Gasteiger partial charge in [0.15, 0.2) is 0 Å². The maximum Gasteiger partial charge on any atom is 0.131 e. The Bertz CT molecular complexity index is 803. The lowest BCUT2D eigenvalue weighted by Gasteiger charge is -2.10. The summed E-state index contributed by atoms with van der Waals surface area (Å²) >= 11 is 0. The highest BCUT2D eigenvalue weighted by Crippen LogP contribution is 2.33. The monoisotopic (exact) mass is 280 g/mol. The lowest BCUT2D eigenvalue weighted by molar-refractivity contribution is 0.630. The molecule has 0 fully saturated rings. The first-order valence-corrected chi connectivity index (χ1v) is 6.94. The largest absolute Gasteiger partial charge is 0.362 e. The van der Waals surface area contributed by atoms with Crippen LogP contribution in [0, 0.1) is 26.6 Å². The van der Waals surface area contributed by atoms with Crippen LogP contribution < -0.4 is 0 Å². The van der Waals surface area contributed by atoms with E-state index >= 15 is 0 Å². The van der Waals surface area contributed by atoms with Gasteiger partial charge in [-0.05, 0) is 44.5 Å². The van der Waals surface area contributed by atoms with Crippen LogP contribution in [0.3, 0.4) is 0 Å². The predicted molar refractivity (Wildman–Crippen MR) is 83.6 cm³/mol. The van der Waals surface area contributed by atoms with Gasteiger partial charge in [-0.2, -0.15) is 0 Å². The molecule has 0 saturated heterocycles. The number of rotatable bonds is 2. The number of benzene rings is 1. The number of hydrogen-bond donors (Lipinski definition) is 1. The summed E-state index contributed by atoms with van der Waals surface area (Å²) in [4.78, 5) is 7.75. The first kappa shape index (κ1) is 13.6. The predicted octanol–water partition coefficient (Wildman–Crippen LogP) is 4.81. The van der Waals surface area contributed by atoms with Crippen LogP contribution in [-0.2, 0) is 0 Å². The number of pyridine rings is 1. The Balaban J connectivity index is 2.23. The Morgan fingerprint density at radius 2 is 1.76 bits per heavy atom. The molecule has 21 heavy (non-hydrogen) atoms. The molecule has 106 valence electrons. The Morgan fingerprint density at radius 3 is 2.43 bits per heavy atom. The Hall–Kier alpha value is -2.42. The van der Waals surface area contributed by atoms with Gasteiger partial charge in [0.2, 0.25) is 0 Å². The quantitative estimate of drug-likeness (QED) is 0.717. The van der Waals surface area contributed by atoms with E-state index in [1.807, 2.05) is 51.1 Å². The number of nitrogens with one attached hydrogen (secondary N) is 1. The van der Waals surface area contributed by atoms with Gasteiger partial charge in [-0.25, -0.2) is 4.39 Å². The summed E-state index contributed by atoms with van der Waals surface area (Å²) in [6, 6.07) is 11.1. The lowest BCUT2D eigenvalue weighted by Crippen LogP contribution is -1.92. The molecule has 0 aliphatic rings. The molecule has 0 bridgehead atoms. The Morgan fingerprint density at radius 1 is 0.952 bits per heavy atom. The smallest absolute Gasteiger partial charge is 0.131 e. The third kappa shape index (κ3) is 2.47. The first-order chi connectivity index (χ1) is 10.1. The van der Waals surface area contributed by atoms with Gasteiger partial charge in [-0.1, -0.05) is 18.2 Å². The average molecular weight is 280 g/mol. The number of aromatic amines is 1. The molecule has 1 N–H and O–H groups in total. The molecule has 3 rings (SSSR count). The van der Waals surface area contributed by atoms with E-state index in [0.29, 0.717) is 5.56 Å². The van der Waals surface area contributed by atoms with Crippen molar-refractivity contribution in [1.82, 2.24) is 9.97 Å². The highest BCUT2D eigenvalue weighted by molar-refractivity contribution is 5.82. The average Bonchev–Trinajstić information content (AvgIpc) is 2.78. The molecule has 3 aromatic rings. The lowest BCUT2D eigenvalue weighted by atomic mass is 9.98. The standard InChI is InChI=1S/C18H17FN2/c1-11-6-7-14(17(19)9-11)15-5-4-8-20-18(15)16-10-12(2)21-13(16)3/h4-10,21H,1-3H3. The Labute approximate surface area is 123 Å². The van der Waals surface area contributed by atoms with Gasteiger partial charge < -0.3 is 4.98 Å². The van der Waals surface area contributed by atoms with E-state index in [0.717, 1.165) is 33.8 Å². The number of aryl methyl sites for hydroxylation is 3. The fraction of sp³-hybridized carbons (Fsp3) is 0.167. The van der Waals surface area contributed by atoms with Crippen molar-refractivity contribution < 1.29 is 4.39 Å². The van der Waals surface area contributed by atoms with E-state index in [1.54, 1.807) is 12.3 Å². The van der Waals surface area contributed by atoms with Gasteiger partial charge in [0.1, 0.15) is 5.82 Å². The zero-order chi connectivity index (χ0) is 15.0. The summed E-state index contributed by atoms with van der Waals surface area (Å²) in [5.41, 5.74) is 6.25. The van der Waals surface area contributed by atoms with Crippen molar-refractivity contribution >= 4 is 0 Å². The normalized spacial score (nSPS) is 10.9. The molecule has 0 radical (unpaired) electrons. The van der Waals surface area contributed by atoms with Gasteiger partial charge >= 0.3 is 0 Å². The van der Waals surface area contributed by atoms with E-state index in [2.05, 4.69) is 9.97 Å². The van der Waals surface area contributed by atoms with Crippen LogP contribution >= 0.6 is 0 Å². The molecular weight excluding hydrogens is 263 g/mol. The molecule has 2 heterocycles. The summed E-state index contributed by atoms with van der Waals surface area (Å²) in [6.07, 6.45) is 1.74. The van der Waals surface area contributed by atoms with Crippen LogP contribution in [0.2, 0.25) is 0 Å². The fourth-order valence-electron chi connectivity index (χ4n) is 2.65. The summed E-state index contributed by atoms with van der Waals surface area (Å²) in [7, 11) is 0. The van der Waals surface area contributed by atoms with E-state index in [4.69, 9.17) is 0 Å². The van der Waals surface area contributed by atoms with Crippen molar-refractivity contribution in [1.29, 1.82) is 0 Å². The van der Waals surface area contributed by atoms with Crippen molar-refractivity contribution in [3.63, 3.8) is 0 Å². The second-order valence-corrected chi connectivity index (χ2v) is 5.37. The molecule has 0 aliphatic carbocycles. The molecule has 2 nitrogen and oxygen atoms in total. The highest BCUT2D eigenvalue weighted by atomic mass is 19.1. The first-order valence-electron chi connectivity index (χ1n) is 6.94. The zero-order valence-electron chi connectivity index (χ0n) is 12.4. The number of aromatic nitrogens is 2. The van der Waals surface area contributed by atoms with Gasteiger partial charge in [-0.15, -0.1) is 0 Å². The van der Waals surface area contributed by atoms with Crippen LogP contribution in [0.25, 0.3) is 22.4 Å². The third-order valence-corrected chi connectivity index (χ3v) is 3.63. The maximum atomic E-state index is 14.3. The summed E-state index contributed by atoms with van der Waals surface area (Å²) in [6.45, 7) is 5.90. The molecule has 0 unspecified atom stereocenters. The number of hydrogen-bond acceptors (Lipinski definition) is 1. The van der Waals surface area contributed by atoms with Crippen LogP contribution in [-0.4, -0.2) is 9.97 Å². The van der Waals surface area contributed by atoms with Gasteiger partial charge in [-0.3, -0.25) is 4.98 Å². The second-order valence-electron chi connectivity index (χ2n) is 5.37. The molecule has 3 heteroatoms. The summed E-state index contributed by atoms with van der Waals surface area (Å²) < 4.78 is 14.3. The van der Waals surface area contributed by atoms with Crippen molar-refractivity contribution in [3.05, 3.63) is 65.4 Å². The number of H-pyrrole nitrogens is 1. The highest BCUT2D eigenvalue weighted by Gasteiger charge is 2.15. The minimum Gasteiger partial charge on any atom is -0.362 e. The molecular formula is C18H17FN2. The van der Waals surface area contributed by atoms with Crippen molar-refractivity contribution in [2.24, 2.45) is 0 Å². The van der Waals surface area contributed by atoms with Gasteiger partial charge in [0.25, 0.3) is 0 Å². The van der Waals surface area contributed by atoms with E-state index in [-0.39, 0.29) is 5.82 Å². The van der Waals surface area contributed by atoms with E-state index in [9.17, 15) is 4.39 Å². The molecule has 0 saturated carbocycles. The molecule has 0 amide bonds. The minimum absolute atomic E-state index is 0.214. The fourth-order valence-corrected chi connectivity index (χ4v) is 2.65. The molecule has 2 aromatic heterocycles. The van der Waals surface area contributed by atoms with E-state index < -0.39 is 0 Å². The SMILES string of the molecule is Cc1ccc(-c2cccnc2-c2cc(C)[nH]c2C)c(F)c1. The third-order valence-electron chi connectivity index (χ3n) is 3.63. The van der Waals surface area contributed by atoms with Crippen LogP contribution in [0.4, 0.5) is 4.39 Å². The minimum atomic E-state index is -0.214. The van der Waals surface area contributed by atoms with Crippen molar-refractivity contribution in [2.75, 3.05) is 0 Å². The van der Waals surface area contributed by atoms with Crippen LogP contribution in [0.15, 0.2) is 42.6 Å². The topological polar surface area (TPSA) is 28.7 Å². The van der Waals surface area contributed by atoms with Crippen molar-refractivity contribution in [3.8, 4) is 22.4 Å². The molecule has 0 atom stereocenters. The number of halogens is 1. The maximum absolute atomic E-state index is 14.3. The zero-order valence-corrected chi connectivity index (χ0v) is 12.4. The molecule has 1 aromatic carbocycles. The van der Waals surface area contributed by atoms with E-state index in [1.165, 1.54) is 0 Å².